The van der Waals surface area contributed by atoms with Gasteiger partial charge in [0.15, 0.2) is 0 Å². The fourth-order valence-corrected chi connectivity index (χ4v) is 6.16. The molecule has 158 valence electrons. The molecule has 1 aromatic heterocycles. The second-order valence-electron chi connectivity index (χ2n) is 8.05. The number of rotatable bonds is 4. The lowest BCUT2D eigenvalue weighted by Crippen LogP contribution is -2.42. The van der Waals surface area contributed by atoms with Gasteiger partial charge in [0.25, 0.3) is 0 Å². The van der Waals surface area contributed by atoms with E-state index in [0.717, 1.165) is 16.8 Å². The molecule has 1 saturated heterocycles. The highest BCUT2D eigenvalue weighted by molar-refractivity contribution is 7.89. The number of carbonyl (C=O) groups excluding carboxylic acids is 1. The molecule has 0 aliphatic carbocycles. The molecular weight excluding hydrogens is 404 g/mol. The third-order valence-electron chi connectivity index (χ3n) is 6.10. The average Bonchev–Trinajstić information content (AvgIpc) is 3.17. The van der Waals surface area contributed by atoms with Crippen LogP contribution in [0.2, 0.25) is 0 Å². The van der Waals surface area contributed by atoms with E-state index < -0.39 is 10.0 Å². The number of hydrogen-bond acceptors (Lipinski definition) is 6. The van der Waals surface area contributed by atoms with E-state index >= 15 is 0 Å². The number of hydrogen-bond donors (Lipinski definition) is 0. The molecule has 5 rings (SSSR count). The van der Waals surface area contributed by atoms with Crippen LogP contribution in [-0.4, -0.2) is 54.3 Å². The summed E-state index contributed by atoms with van der Waals surface area (Å²) < 4.78 is 34.1. The van der Waals surface area contributed by atoms with Crippen LogP contribution in [0.1, 0.15) is 36.2 Å². The predicted molar refractivity (Wildman–Crippen MR) is 110 cm³/mol. The first-order chi connectivity index (χ1) is 14.4. The summed E-state index contributed by atoms with van der Waals surface area (Å²) in [5.74, 6) is 1.31. The summed E-state index contributed by atoms with van der Waals surface area (Å²) in [4.78, 5) is 22.6. The van der Waals surface area contributed by atoms with Crippen LogP contribution in [-0.2, 0) is 27.7 Å². The van der Waals surface area contributed by atoms with Crippen LogP contribution < -0.4 is 9.64 Å². The highest BCUT2D eigenvalue weighted by Crippen LogP contribution is 2.39. The van der Waals surface area contributed by atoms with Crippen molar-refractivity contribution >= 4 is 21.6 Å². The summed E-state index contributed by atoms with van der Waals surface area (Å²) in [6.45, 7) is 3.28. The molecule has 0 radical (unpaired) electrons. The predicted octanol–water partition coefficient (Wildman–Crippen LogP) is 1.85. The largest absolute Gasteiger partial charge is 0.474 e. The van der Waals surface area contributed by atoms with Gasteiger partial charge < -0.3 is 9.64 Å². The van der Waals surface area contributed by atoms with Crippen molar-refractivity contribution in [2.75, 3.05) is 24.5 Å². The van der Waals surface area contributed by atoms with Gasteiger partial charge in [0, 0.05) is 38.3 Å². The molecular formula is C21H24N4O4S. The summed E-state index contributed by atoms with van der Waals surface area (Å²) in [6, 6.07) is 5.25. The number of piperidine rings is 1. The standard InChI is InChI=1S/C21H24N4O4S/c1-14-22-8-4-19(23-14)29-17-6-9-24(10-7-17)30(27,28)18-12-15-2-3-20(26)25-11-5-16(13-18)21(15)25/h4,8,12-13,17H,2-3,5-7,9-11H2,1H3. The molecule has 0 saturated carbocycles. The first kappa shape index (κ1) is 19.4. The quantitative estimate of drug-likeness (QED) is 0.738. The van der Waals surface area contributed by atoms with Gasteiger partial charge in [-0.2, -0.15) is 9.29 Å². The van der Waals surface area contributed by atoms with Gasteiger partial charge in [-0.15, -0.1) is 0 Å². The van der Waals surface area contributed by atoms with E-state index in [1.54, 1.807) is 35.6 Å². The van der Waals surface area contributed by atoms with Gasteiger partial charge in [-0.1, -0.05) is 0 Å². The van der Waals surface area contributed by atoms with E-state index in [4.69, 9.17) is 4.74 Å². The first-order valence-electron chi connectivity index (χ1n) is 10.3. The van der Waals surface area contributed by atoms with E-state index in [0.29, 0.717) is 68.3 Å². The van der Waals surface area contributed by atoms with Crippen LogP contribution in [0.15, 0.2) is 29.3 Å². The van der Waals surface area contributed by atoms with Crippen molar-refractivity contribution in [1.29, 1.82) is 0 Å². The highest BCUT2D eigenvalue weighted by atomic mass is 32.2. The molecule has 30 heavy (non-hydrogen) atoms. The fourth-order valence-electron chi connectivity index (χ4n) is 4.59. The number of nitrogens with zero attached hydrogens (tertiary/aromatic N) is 4. The van der Waals surface area contributed by atoms with Gasteiger partial charge in [0.05, 0.1) is 10.6 Å². The van der Waals surface area contributed by atoms with Crippen LogP contribution >= 0.6 is 0 Å². The molecule has 0 bridgehead atoms. The lowest BCUT2D eigenvalue weighted by molar-refractivity contribution is -0.118. The molecule has 0 N–H and O–H groups in total. The van der Waals surface area contributed by atoms with Crippen molar-refractivity contribution in [2.24, 2.45) is 0 Å². The lowest BCUT2D eigenvalue weighted by atomic mass is 10.00. The average molecular weight is 429 g/mol. The number of sulfonamides is 1. The Morgan fingerprint density at radius 3 is 2.53 bits per heavy atom. The summed E-state index contributed by atoms with van der Waals surface area (Å²) in [6.07, 6.45) is 4.59. The highest BCUT2D eigenvalue weighted by Gasteiger charge is 2.35. The van der Waals surface area contributed by atoms with Crippen molar-refractivity contribution in [3.8, 4) is 5.88 Å². The smallest absolute Gasteiger partial charge is 0.243 e. The molecule has 0 atom stereocenters. The van der Waals surface area contributed by atoms with Crippen molar-refractivity contribution in [3.05, 3.63) is 41.3 Å². The van der Waals surface area contributed by atoms with Gasteiger partial charge in [0.2, 0.25) is 21.8 Å². The molecule has 1 amide bonds. The van der Waals surface area contributed by atoms with Gasteiger partial charge in [-0.25, -0.2) is 13.4 Å². The van der Waals surface area contributed by atoms with Crippen molar-refractivity contribution in [2.45, 2.75) is 50.0 Å². The molecule has 8 nitrogen and oxygen atoms in total. The molecule has 3 aliphatic heterocycles. The third-order valence-corrected chi connectivity index (χ3v) is 7.98. The number of anilines is 1. The number of benzene rings is 1. The minimum Gasteiger partial charge on any atom is -0.474 e. The van der Waals surface area contributed by atoms with Crippen molar-refractivity contribution in [3.63, 3.8) is 0 Å². The van der Waals surface area contributed by atoms with Crippen molar-refractivity contribution < 1.29 is 17.9 Å². The minimum atomic E-state index is -3.58. The maximum Gasteiger partial charge on any atom is 0.243 e. The van der Waals surface area contributed by atoms with Gasteiger partial charge >= 0.3 is 0 Å². The maximum atomic E-state index is 13.3. The summed E-state index contributed by atoms with van der Waals surface area (Å²) in [5.41, 5.74) is 2.88. The second-order valence-corrected chi connectivity index (χ2v) is 9.99. The van der Waals surface area contributed by atoms with E-state index in [2.05, 4.69) is 9.97 Å². The Morgan fingerprint density at radius 1 is 1.07 bits per heavy atom. The zero-order chi connectivity index (χ0) is 20.9. The Balaban J connectivity index is 1.32. The molecule has 1 fully saturated rings. The summed E-state index contributed by atoms with van der Waals surface area (Å²) in [7, 11) is -3.58. The number of carbonyl (C=O) groups is 1. The molecule has 0 unspecified atom stereocenters. The molecule has 3 aliphatic rings. The fraction of sp³-hybridized carbons (Fsp3) is 0.476. The SMILES string of the molecule is Cc1nccc(OC2CCN(S(=O)(=O)c3cc4c5c(c3)CCN5C(=O)CC4)CC2)n1. The third kappa shape index (κ3) is 3.35. The Morgan fingerprint density at radius 2 is 1.80 bits per heavy atom. The Labute approximate surface area is 175 Å². The zero-order valence-corrected chi connectivity index (χ0v) is 17.7. The van der Waals surface area contributed by atoms with E-state index in [1.165, 1.54) is 0 Å². The molecule has 0 spiro atoms. The van der Waals surface area contributed by atoms with E-state index in [-0.39, 0.29) is 12.0 Å². The Hall–Kier alpha value is -2.52. The Bertz CT molecular complexity index is 1110. The number of ether oxygens (including phenoxy) is 1. The monoisotopic (exact) mass is 428 g/mol. The van der Waals surface area contributed by atoms with Gasteiger partial charge in [-0.3, -0.25) is 4.79 Å². The van der Waals surface area contributed by atoms with Crippen LogP contribution in [0.3, 0.4) is 0 Å². The first-order valence-corrected chi connectivity index (χ1v) is 11.8. The number of amides is 1. The summed E-state index contributed by atoms with van der Waals surface area (Å²) in [5, 5.41) is 0. The molecule has 9 heteroatoms. The number of aromatic nitrogens is 2. The van der Waals surface area contributed by atoms with E-state index in [9.17, 15) is 13.2 Å². The van der Waals surface area contributed by atoms with Crippen LogP contribution in [0.25, 0.3) is 0 Å². The Kier molecular flexibility index (Phi) is 4.74. The van der Waals surface area contributed by atoms with Crippen molar-refractivity contribution in [1.82, 2.24) is 14.3 Å². The molecule has 2 aromatic rings. The number of aryl methyl sites for hydroxylation is 2. The topological polar surface area (TPSA) is 92.7 Å². The van der Waals surface area contributed by atoms with Crippen LogP contribution in [0, 0.1) is 6.92 Å². The zero-order valence-electron chi connectivity index (χ0n) is 16.9. The van der Waals surface area contributed by atoms with Crippen LogP contribution in [0.5, 0.6) is 5.88 Å². The lowest BCUT2D eigenvalue weighted by Gasteiger charge is -2.32. The summed E-state index contributed by atoms with van der Waals surface area (Å²) >= 11 is 0. The van der Waals surface area contributed by atoms with Crippen LogP contribution in [0.4, 0.5) is 5.69 Å². The maximum absolute atomic E-state index is 13.3. The minimum absolute atomic E-state index is 0.0634. The second kappa shape index (κ2) is 7.31. The molecule has 4 heterocycles. The van der Waals surface area contributed by atoms with Gasteiger partial charge in [-0.05, 0) is 55.9 Å². The van der Waals surface area contributed by atoms with Gasteiger partial charge in [0.1, 0.15) is 11.9 Å². The normalized spacial score (nSPS) is 19.8. The molecule has 1 aromatic carbocycles. The van der Waals surface area contributed by atoms with E-state index in [1.807, 2.05) is 4.90 Å².